The Bertz CT molecular complexity index is 685. The van der Waals surface area contributed by atoms with E-state index < -0.39 is 0 Å². The van der Waals surface area contributed by atoms with Gasteiger partial charge < -0.3 is 15.0 Å². The molecule has 0 saturated carbocycles. The highest BCUT2D eigenvalue weighted by Crippen LogP contribution is 2.18. The summed E-state index contributed by atoms with van der Waals surface area (Å²) in [7, 11) is 0. The summed E-state index contributed by atoms with van der Waals surface area (Å²) in [6.45, 7) is 2.62. The molecule has 2 aromatic rings. The second kappa shape index (κ2) is 6.63. The Balaban J connectivity index is 1.86. The van der Waals surface area contributed by atoms with E-state index in [1.807, 2.05) is 24.3 Å². The number of H-pyrrole nitrogens is 1. The fourth-order valence-corrected chi connectivity index (χ4v) is 3.06. The van der Waals surface area contributed by atoms with Crippen LogP contribution in [-0.4, -0.2) is 34.7 Å². The molecule has 114 valence electrons. The second-order valence-corrected chi connectivity index (χ2v) is 5.88. The van der Waals surface area contributed by atoms with Crippen LogP contribution in [0.3, 0.4) is 0 Å². The largest absolute Gasteiger partial charge is 0.506 e. The minimum absolute atomic E-state index is 0.137. The molecule has 0 bridgehead atoms. The zero-order chi connectivity index (χ0) is 15.4. The second-order valence-electron chi connectivity index (χ2n) is 5.88. The molecular formula is C17H21N4O+. The van der Waals surface area contributed by atoms with Crippen LogP contribution in [-0.2, 0) is 0 Å². The summed E-state index contributed by atoms with van der Waals surface area (Å²) >= 11 is 0. The number of nitrogens with zero attached hydrogens (tertiary/aromatic N) is 2. The van der Waals surface area contributed by atoms with Crippen molar-refractivity contribution in [2.45, 2.75) is 25.7 Å². The maximum atomic E-state index is 10.4. The molecule has 1 saturated heterocycles. The normalized spacial score (nSPS) is 17.8. The number of aliphatic hydroxyl groups is 1. The molecule has 1 aromatic carbocycles. The first-order valence-corrected chi connectivity index (χ1v) is 7.89. The van der Waals surface area contributed by atoms with Gasteiger partial charge in [-0.05, 0) is 37.8 Å². The number of allylic oxidation sites excluding steroid dienone is 1. The van der Waals surface area contributed by atoms with Crippen LogP contribution < -0.4 is 4.90 Å². The highest BCUT2D eigenvalue weighted by Gasteiger charge is 2.19. The van der Waals surface area contributed by atoms with Crippen molar-refractivity contribution >= 4 is 16.6 Å². The molecule has 3 N–H and O–H groups in total. The first kappa shape index (κ1) is 14.6. The zero-order valence-electron chi connectivity index (χ0n) is 12.6. The highest BCUT2D eigenvalue weighted by molar-refractivity contribution is 5.82. The number of benzene rings is 1. The Morgan fingerprint density at radius 3 is 2.64 bits per heavy atom. The van der Waals surface area contributed by atoms with Gasteiger partial charge in [-0.3, -0.25) is 0 Å². The van der Waals surface area contributed by atoms with Gasteiger partial charge in [-0.2, -0.15) is 5.26 Å². The lowest BCUT2D eigenvalue weighted by molar-refractivity contribution is -0.895. The molecule has 1 aliphatic heterocycles. The average molecular weight is 297 g/mol. The van der Waals surface area contributed by atoms with Crippen molar-refractivity contribution in [3.63, 3.8) is 0 Å². The van der Waals surface area contributed by atoms with Crippen LogP contribution in [0.2, 0.25) is 0 Å². The van der Waals surface area contributed by atoms with Crippen LogP contribution in [0.25, 0.3) is 16.6 Å². The van der Waals surface area contributed by atoms with Gasteiger partial charge in [0.1, 0.15) is 18.2 Å². The highest BCUT2D eigenvalue weighted by atomic mass is 16.3. The number of hydrogen-bond donors (Lipinski definition) is 3. The molecule has 1 aromatic heterocycles. The Morgan fingerprint density at radius 2 is 1.95 bits per heavy atom. The Labute approximate surface area is 129 Å². The Kier molecular flexibility index (Phi) is 4.40. The van der Waals surface area contributed by atoms with E-state index in [4.69, 9.17) is 0 Å². The molecule has 0 radical (unpaired) electrons. The lowest BCUT2D eigenvalue weighted by atomic mass is 10.2. The van der Waals surface area contributed by atoms with E-state index in [0.717, 1.165) is 24.1 Å². The summed E-state index contributed by atoms with van der Waals surface area (Å²) in [4.78, 5) is 8.87. The number of aromatic nitrogens is 2. The number of quaternary nitrogens is 1. The lowest BCUT2D eigenvalue weighted by Crippen LogP contribution is -3.12. The van der Waals surface area contributed by atoms with Gasteiger partial charge in [-0.25, -0.2) is 4.98 Å². The summed E-state index contributed by atoms with van der Waals surface area (Å²) in [5.74, 6) is 0.592. The number of rotatable bonds is 3. The molecule has 0 atom stereocenters. The standard InChI is InChI=1S/C17H20N4O/c18-11-13(16(22)12-21-9-5-1-2-6-10-21)17-19-14-7-3-4-8-15(14)20-17/h3-4,7-8,22H,1-2,5-6,9-10,12H2,(H,19,20)/p+1. The van der Waals surface area contributed by atoms with Gasteiger partial charge in [0.2, 0.25) is 0 Å². The van der Waals surface area contributed by atoms with E-state index in [9.17, 15) is 10.4 Å². The van der Waals surface area contributed by atoms with Crippen molar-refractivity contribution in [2.24, 2.45) is 0 Å². The van der Waals surface area contributed by atoms with Crippen LogP contribution in [0.5, 0.6) is 0 Å². The number of likely N-dealkylation sites (tertiary alicyclic amines) is 1. The van der Waals surface area contributed by atoms with Crippen molar-refractivity contribution in [2.75, 3.05) is 19.6 Å². The van der Waals surface area contributed by atoms with Crippen LogP contribution in [0.4, 0.5) is 0 Å². The van der Waals surface area contributed by atoms with Crippen molar-refractivity contribution in [1.82, 2.24) is 9.97 Å². The summed E-state index contributed by atoms with van der Waals surface area (Å²) < 4.78 is 0. The van der Waals surface area contributed by atoms with Crippen LogP contribution in [0.1, 0.15) is 31.5 Å². The summed E-state index contributed by atoms with van der Waals surface area (Å²) in [6, 6.07) is 9.74. The van der Waals surface area contributed by atoms with Gasteiger partial charge in [-0.1, -0.05) is 12.1 Å². The smallest absolute Gasteiger partial charge is 0.169 e. The first-order valence-electron chi connectivity index (χ1n) is 7.89. The van der Waals surface area contributed by atoms with Crippen molar-refractivity contribution in [3.05, 3.63) is 35.8 Å². The molecule has 0 amide bonds. The van der Waals surface area contributed by atoms with Crippen LogP contribution in [0.15, 0.2) is 30.0 Å². The number of aromatic amines is 1. The molecule has 22 heavy (non-hydrogen) atoms. The minimum Gasteiger partial charge on any atom is -0.506 e. The molecule has 0 aliphatic carbocycles. The summed E-state index contributed by atoms with van der Waals surface area (Å²) in [5, 5.41) is 19.8. The van der Waals surface area contributed by atoms with E-state index in [1.165, 1.54) is 30.6 Å². The number of nitriles is 1. The molecular weight excluding hydrogens is 276 g/mol. The molecule has 5 nitrogen and oxygen atoms in total. The monoisotopic (exact) mass is 297 g/mol. The molecule has 0 unspecified atom stereocenters. The number of nitrogens with one attached hydrogen (secondary N) is 2. The number of hydrogen-bond acceptors (Lipinski definition) is 3. The lowest BCUT2D eigenvalue weighted by Gasteiger charge is -2.16. The summed E-state index contributed by atoms with van der Waals surface area (Å²) in [5.41, 5.74) is 1.94. The maximum Gasteiger partial charge on any atom is 0.169 e. The molecule has 0 spiro atoms. The predicted molar refractivity (Wildman–Crippen MR) is 85.3 cm³/mol. The van der Waals surface area contributed by atoms with E-state index in [0.29, 0.717) is 12.4 Å². The predicted octanol–water partition coefficient (Wildman–Crippen LogP) is 1.81. The number of aliphatic hydroxyl groups excluding tert-OH is 1. The number of para-hydroxylation sites is 2. The third-order valence-electron chi connectivity index (χ3n) is 4.25. The average Bonchev–Trinajstić information content (AvgIpc) is 2.77. The zero-order valence-corrected chi connectivity index (χ0v) is 12.6. The van der Waals surface area contributed by atoms with E-state index in [2.05, 4.69) is 16.0 Å². The van der Waals surface area contributed by atoms with Gasteiger partial charge in [0.05, 0.1) is 24.1 Å². The number of fused-ring (bicyclic) bond motifs is 1. The van der Waals surface area contributed by atoms with E-state index in [-0.39, 0.29) is 11.3 Å². The maximum absolute atomic E-state index is 10.4. The molecule has 3 rings (SSSR count). The Morgan fingerprint density at radius 1 is 1.23 bits per heavy atom. The van der Waals surface area contributed by atoms with Crippen LogP contribution in [0, 0.1) is 11.3 Å². The van der Waals surface area contributed by atoms with Gasteiger partial charge >= 0.3 is 0 Å². The van der Waals surface area contributed by atoms with Crippen LogP contribution >= 0.6 is 0 Å². The first-order chi connectivity index (χ1) is 10.8. The van der Waals surface area contributed by atoms with Crippen molar-refractivity contribution in [1.29, 1.82) is 5.26 Å². The number of imidazole rings is 1. The molecule has 2 heterocycles. The Hall–Kier alpha value is -2.32. The minimum atomic E-state index is 0.137. The molecule has 5 heteroatoms. The quantitative estimate of drug-likeness (QED) is 0.597. The van der Waals surface area contributed by atoms with Gasteiger partial charge in [0.15, 0.2) is 11.6 Å². The van der Waals surface area contributed by atoms with Gasteiger partial charge in [-0.15, -0.1) is 0 Å². The SMILES string of the molecule is N#CC(=C(O)C[NH+]1CCCCCC1)c1nc2ccccc2[nH]1. The van der Waals surface area contributed by atoms with E-state index >= 15 is 0 Å². The summed E-state index contributed by atoms with van der Waals surface area (Å²) in [6.07, 6.45) is 4.91. The van der Waals surface area contributed by atoms with Gasteiger partial charge in [0.25, 0.3) is 0 Å². The third-order valence-corrected chi connectivity index (χ3v) is 4.25. The van der Waals surface area contributed by atoms with Crippen molar-refractivity contribution in [3.8, 4) is 6.07 Å². The fraction of sp³-hybridized carbons (Fsp3) is 0.412. The van der Waals surface area contributed by atoms with Gasteiger partial charge in [0, 0.05) is 0 Å². The third kappa shape index (κ3) is 3.12. The van der Waals surface area contributed by atoms with Crippen molar-refractivity contribution < 1.29 is 10.0 Å². The van der Waals surface area contributed by atoms with E-state index in [1.54, 1.807) is 0 Å². The fourth-order valence-electron chi connectivity index (χ4n) is 3.06. The topological polar surface area (TPSA) is 77.1 Å². The molecule has 1 fully saturated rings. The molecule has 1 aliphatic rings.